The van der Waals surface area contributed by atoms with Gasteiger partial charge < -0.3 is 9.32 Å². The van der Waals surface area contributed by atoms with E-state index in [9.17, 15) is 4.79 Å². The zero-order valence-electron chi connectivity index (χ0n) is 18.0. The Morgan fingerprint density at radius 3 is 2.55 bits per heavy atom. The van der Waals surface area contributed by atoms with Crippen LogP contribution in [0.1, 0.15) is 55.2 Å². The van der Waals surface area contributed by atoms with Crippen LogP contribution < -0.4 is 0 Å². The fraction of sp³-hybridized carbons (Fsp3) is 0.455. The van der Waals surface area contributed by atoms with E-state index >= 15 is 0 Å². The van der Waals surface area contributed by atoms with Gasteiger partial charge >= 0.3 is 0 Å². The van der Waals surface area contributed by atoms with Crippen molar-refractivity contribution >= 4 is 17.5 Å². The topological polar surface area (TPSA) is 80.3 Å². The number of aromatic nitrogens is 4. The average molecular weight is 443 g/mol. The van der Waals surface area contributed by atoms with Crippen molar-refractivity contribution in [3.8, 4) is 0 Å². The predicted octanol–water partition coefficient (Wildman–Crippen LogP) is 3.61. The van der Waals surface area contributed by atoms with Gasteiger partial charge in [-0.2, -0.15) is 0 Å². The summed E-state index contributed by atoms with van der Waals surface area (Å²) in [4.78, 5) is 16.8. The first-order chi connectivity index (χ1) is 14.9. The summed E-state index contributed by atoms with van der Waals surface area (Å²) >= 11 is 6.62. The molecule has 1 atom stereocenters. The number of furan rings is 1. The first-order valence-electron chi connectivity index (χ1n) is 10.5. The monoisotopic (exact) mass is 442 g/mol. The average Bonchev–Trinajstić information content (AvgIpc) is 3.48. The van der Waals surface area contributed by atoms with E-state index in [1.807, 2.05) is 33.8 Å². The van der Waals surface area contributed by atoms with Crippen LogP contribution in [0.15, 0.2) is 47.1 Å². The van der Waals surface area contributed by atoms with Crippen LogP contribution >= 0.6 is 11.6 Å². The van der Waals surface area contributed by atoms with Crippen molar-refractivity contribution < 1.29 is 9.21 Å². The number of carbonyl (C=O) groups excluding carboxylic acids is 1. The zero-order chi connectivity index (χ0) is 22.0. The molecule has 0 spiro atoms. The lowest BCUT2D eigenvalue weighted by atomic mass is 9.99. The van der Waals surface area contributed by atoms with E-state index < -0.39 is 0 Å². The van der Waals surface area contributed by atoms with Crippen molar-refractivity contribution in [3.05, 3.63) is 64.8 Å². The third-order valence-electron chi connectivity index (χ3n) is 6.08. The van der Waals surface area contributed by atoms with Crippen molar-refractivity contribution in [2.24, 2.45) is 0 Å². The maximum atomic E-state index is 12.7. The molecule has 0 N–H and O–H groups in total. The van der Waals surface area contributed by atoms with Gasteiger partial charge in [0.1, 0.15) is 0 Å². The quantitative estimate of drug-likeness (QED) is 0.580. The van der Waals surface area contributed by atoms with Crippen LogP contribution in [0.5, 0.6) is 0 Å². The van der Waals surface area contributed by atoms with Crippen LogP contribution in [0.3, 0.4) is 0 Å². The van der Waals surface area contributed by atoms with Gasteiger partial charge in [-0.25, -0.2) is 4.68 Å². The molecule has 1 aliphatic rings. The van der Waals surface area contributed by atoms with E-state index in [4.69, 9.17) is 16.0 Å². The molecule has 9 heteroatoms. The first-order valence-corrected chi connectivity index (χ1v) is 10.9. The normalized spacial score (nSPS) is 16.5. The molecule has 4 rings (SSSR count). The van der Waals surface area contributed by atoms with Crippen molar-refractivity contribution in [2.45, 2.75) is 38.8 Å². The lowest BCUT2D eigenvalue weighted by Gasteiger charge is -2.39. The fourth-order valence-corrected chi connectivity index (χ4v) is 4.12. The van der Waals surface area contributed by atoms with Crippen LogP contribution in [0.2, 0.25) is 5.02 Å². The van der Waals surface area contributed by atoms with E-state index in [0.29, 0.717) is 37.0 Å². The highest BCUT2D eigenvalue weighted by Crippen LogP contribution is 2.35. The number of piperazine rings is 1. The first kappa shape index (κ1) is 21.5. The molecule has 3 aromatic rings. The smallest absolute Gasteiger partial charge is 0.289 e. The number of hydrogen-bond acceptors (Lipinski definition) is 6. The molecule has 1 fully saturated rings. The molecule has 1 saturated heterocycles. The molecule has 1 amide bonds. The summed E-state index contributed by atoms with van der Waals surface area (Å²) < 4.78 is 7.18. The van der Waals surface area contributed by atoms with E-state index in [1.54, 1.807) is 12.1 Å². The Hall–Kier alpha value is -2.71. The second-order valence-electron chi connectivity index (χ2n) is 8.34. The van der Waals surface area contributed by atoms with Crippen LogP contribution in [-0.2, 0) is 5.54 Å². The van der Waals surface area contributed by atoms with Gasteiger partial charge in [0.05, 0.1) is 17.8 Å². The number of benzene rings is 1. The minimum absolute atomic E-state index is 0.0871. The molecule has 31 heavy (non-hydrogen) atoms. The van der Waals surface area contributed by atoms with Crippen molar-refractivity contribution in [2.75, 3.05) is 26.2 Å². The number of rotatable bonds is 6. The van der Waals surface area contributed by atoms with Gasteiger partial charge in [0.25, 0.3) is 5.91 Å². The number of nitrogens with zero attached hydrogens (tertiary/aromatic N) is 6. The van der Waals surface area contributed by atoms with Gasteiger partial charge in [0.2, 0.25) is 0 Å². The van der Waals surface area contributed by atoms with E-state index in [0.717, 1.165) is 17.8 Å². The molecule has 0 radical (unpaired) electrons. The lowest BCUT2D eigenvalue weighted by molar-refractivity contribution is 0.0555. The van der Waals surface area contributed by atoms with E-state index in [1.165, 1.54) is 6.26 Å². The molecule has 0 aliphatic carbocycles. The highest BCUT2D eigenvalue weighted by atomic mass is 35.5. The summed E-state index contributed by atoms with van der Waals surface area (Å²) in [5.74, 6) is 1.03. The Bertz CT molecular complexity index is 1020. The van der Waals surface area contributed by atoms with Crippen molar-refractivity contribution in [1.82, 2.24) is 30.0 Å². The van der Waals surface area contributed by atoms with Crippen LogP contribution in [0.25, 0.3) is 0 Å². The summed E-state index contributed by atoms with van der Waals surface area (Å²) in [6.07, 6.45) is 2.40. The molecule has 0 saturated carbocycles. The summed E-state index contributed by atoms with van der Waals surface area (Å²) in [5.41, 5.74) is 0.716. The number of hydrogen-bond donors (Lipinski definition) is 0. The molecule has 164 valence electrons. The van der Waals surface area contributed by atoms with Gasteiger partial charge in [-0.3, -0.25) is 9.69 Å². The van der Waals surface area contributed by atoms with Gasteiger partial charge in [0, 0.05) is 31.2 Å². The minimum Gasteiger partial charge on any atom is -0.459 e. The standard InChI is InChI=1S/C22H27ClN6O2/c1-4-22(2,3)29-20(24-25-26-29)19(16-8-5-6-9-17(16)23)27-11-13-28(14-12-27)21(30)18-10-7-15-31-18/h5-10,15,19H,4,11-14H2,1-3H3/t19-/m0/s1. The molecule has 1 aromatic carbocycles. The second-order valence-corrected chi connectivity index (χ2v) is 8.75. The maximum Gasteiger partial charge on any atom is 0.289 e. The number of halogens is 1. The highest BCUT2D eigenvalue weighted by Gasteiger charge is 2.36. The maximum absolute atomic E-state index is 12.7. The lowest BCUT2D eigenvalue weighted by Crippen LogP contribution is -2.50. The fourth-order valence-electron chi connectivity index (χ4n) is 3.88. The SMILES string of the molecule is CCC(C)(C)n1nnnc1[C@H](c1ccccc1Cl)N1CCN(C(=O)c2ccco2)CC1. The molecule has 3 heterocycles. The summed E-state index contributed by atoms with van der Waals surface area (Å²) in [7, 11) is 0. The Morgan fingerprint density at radius 1 is 1.16 bits per heavy atom. The Balaban J connectivity index is 1.64. The van der Waals surface area contributed by atoms with E-state index in [-0.39, 0.29) is 17.5 Å². The third-order valence-corrected chi connectivity index (χ3v) is 6.42. The second kappa shape index (κ2) is 8.80. The molecule has 1 aliphatic heterocycles. The Morgan fingerprint density at radius 2 is 1.90 bits per heavy atom. The van der Waals surface area contributed by atoms with Crippen LogP contribution in [0, 0.1) is 0 Å². The van der Waals surface area contributed by atoms with Gasteiger partial charge in [-0.05, 0) is 54.5 Å². The largest absolute Gasteiger partial charge is 0.459 e. The molecule has 8 nitrogen and oxygen atoms in total. The molecule has 2 aromatic heterocycles. The van der Waals surface area contributed by atoms with Gasteiger partial charge in [-0.1, -0.05) is 36.7 Å². The minimum atomic E-state index is -0.241. The van der Waals surface area contributed by atoms with Gasteiger partial charge in [-0.15, -0.1) is 5.10 Å². The number of tetrazole rings is 1. The van der Waals surface area contributed by atoms with Crippen LogP contribution in [-0.4, -0.2) is 62.1 Å². The molecular weight excluding hydrogens is 416 g/mol. The van der Waals surface area contributed by atoms with E-state index in [2.05, 4.69) is 41.2 Å². The van der Waals surface area contributed by atoms with Crippen molar-refractivity contribution in [3.63, 3.8) is 0 Å². The predicted molar refractivity (Wildman–Crippen MR) is 117 cm³/mol. The molecule has 0 unspecified atom stereocenters. The number of carbonyl (C=O) groups is 1. The van der Waals surface area contributed by atoms with Gasteiger partial charge in [0.15, 0.2) is 11.6 Å². The Labute approximate surface area is 186 Å². The zero-order valence-corrected chi connectivity index (χ0v) is 18.8. The summed E-state index contributed by atoms with van der Waals surface area (Å²) in [6, 6.07) is 11.0. The number of amides is 1. The summed E-state index contributed by atoms with van der Waals surface area (Å²) in [6.45, 7) is 8.86. The Kier molecular flexibility index (Phi) is 6.11. The van der Waals surface area contributed by atoms with Crippen molar-refractivity contribution in [1.29, 1.82) is 0 Å². The van der Waals surface area contributed by atoms with Crippen LogP contribution in [0.4, 0.5) is 0 Å². The third kappa shape index (κ3) is 4.22. The summed E-state index contributed by atoms with van der Waals surface area (Å²) in [5, 5.41) is 13.4. The molecule has 0 bridgehead atoms. The molecular formula is C22H27ClN6O2. The highest BCUT2D eigenvalue weighted by molar-refractivity contribution is 6.31.